The van der Waals surface area contributed by atoms with Gasteiger partial charge in [0.1, 0.15) is 10.7 Å². The molecule has 1 saturated carbocycles. The third-order valence-corrected chi connectivity index (χ3v) is 5.57. The number of aromatic nitrogens is 2. The van der Waals surface area contributed by atoms with Gasteiger partial charge in [0.05, 0.1) is 0 Å². The standard InChI is InChI=1S/C14H24N4S/c1-2-15-13-12(16-17-19-13)11-18-9-7-14(8-10-18)5-3-4-6-14/h15H,2-11H2,1H3. The van der Waals surface area contributed by atoms with E-state index in [0.717, 1.165) is 23.8 Å². The molecular weight excluding hydrogens is 256 g/mol. The van der Waals surface area contributed by atoms with Crippen molar-refractivity contribution < 1.29 is 0 Å². The van der Waals surface area contributed by atoms with Crippen molar-refractivity contribution >= 4 is 16.5 Å². The molecule has 3 rings (SSSR count). The molecule has 1 aromatic rings. The van der Waals surface area contributed by atoms with Crippen LogP contribution in [0.15, 0.2) is 0 Å². The summed E-state index contributed by atoms with van der Waals surface area (Å²) in [6.45, 7) is 6.51. The summed E-state index contributed by atoms with van der Waals surface area (Å²) in [5, 5.41) is 8.80. The highest BCUT2D eigenvalue weighted by molar-refractivity contribution is 7.10. The molecule has 4 nitrogen and oxygen atoms in total. The van der Waals surface area contributed by atoms with Crippen molar-refractivity contribution in [1.29, 1.82) is 0 Å². The van der Waals surface area contributed by atoms with Crippen LogP contribution in [0.2, 0.25) is 0 Å². The topological polar surface area (TPSA) is 41.1 Å². The van der Waals surface area contributed by atoms with E-state index in [4.69, 9.17) is 0 Å². The van der Waals surface area contributed by atoms with Gasteiger partial charge >= 0.3 is 0 Å². The summed E-state index contributed by atoms with van der Waals surface area (Å²) in [5.41, 5.74) is 1.84. The molecule has 2 fully saturated rings. The summed E-state index contributed by atoms with van der Waals surface area (Å²) in [4.78, 5) is 2.56. The zero-order chi connectivity index (χ0) is 13.1. The molecule has 1 aliphatic carbocycles. The maximum absolute atomic E-state index is 4.28. The molecule has 0 atom stereocenters. The van der Waals surface area contributed by atoms with Gasteiger partial charge in [-0.3, -0.25) is 4.90 Å². The molecule has 1 N–H and O–H groups in total. The Labute approximate surface area is 119 Å². The second-order valence-corrected chi connectivity index (χ2v) is 6.82. The van der Waals surface area contributed by atoms with Gasteiger partial charge in [0.25, 0.3) is 0 Å². The summed E-state index contributed by atoms with van der Waals surface area (Å²) >= 11 is 1.48. The quantitative estimate of drug-likeness (QED) is 0.920. The highest BCUT2D eigenvalue weighted by Crippen LogP contribution is 2.46. The molecule has 2 aliphatic rings. The molecule has 0 aromatic carbocycles. The number of piperidine rings is 1. The first-order valence-corrected chi connectivity index (χ1v) is 8.36. The molecule has 2 heterocycles. The van der Waals surface area contributed by atoms with Crippen molar-refractivity contribution in [3.8, 4) is 0 Å². The van der Waals surface area contributed by atoms with Crippen LogP contribution in [-0.4, -0.2) is 34.1 Å². The summed E-state index contributed by atoms with van der Waals surface area (Å²) in [6, 6.07) is 0. The number of nitrogens with one attached hydrogen (secondary N) is 1. The van der Waals surface area contributed by atoms with E-state index in [2.05, 4.69) is 26.7 Å². The Balaban J connectivity index is 1.55. The fourth-order valence-corrected chi connectivity index (χ4v) is 4.27. The predicted octanol–water partition coefficient (Wildman–Crippen LogP) is 3.13. The summed E-state index contributed by atoms with van der Waals surface area (Å²) in [7, 11) is 0. The lowest BCUT2D eigenvalue weighted by Crippen LogP contribution is -2.38. The number of rotatable bonds is 4. The minimum Gasteiger partial charge on any atom is -0.374 e. The van der Waals surface area contributed by atoms with Crippen LogP contribution < -0.4 is 5.32 Å². The Morgan fingerprint density at radius 2 is 1.95 bits per heavy atom. The Bertz CT molecular complexity index is 401. The molecule has 1 saturated heterocycles. The lowest BCUT2D eigenvalue weighted by Gasteiger charge is -2.39. The lowest BCUT2D eigenvalue weighted by molar-refractivity contribution is 0.103. The monoisotopic (exact) mass is 280 g/mol. The fraction of sp³-hybridized carbons (Fsp3) is 0.857. The van der Waals surface area contributed by atoms with E-state index in [9.17, 15) is 0 Å². The second-order valence-electron chi connectivity index (χ2n) is 6.06. The van der Waals surface area contributed by atoms with Gasteiger partial charge in [-0.05, 0) is 51.1 Å². The Morgan fingerprint density at radius 3 is 2.63 bits per heavy atom. The van der Waals surface area contributed by atoms with Crippen molar-refractivity contribution in [1.82, 2.24) is 14.5 Å². The van der Waals surface area contributed by atoms with Crippen LogP contribution in [0.4, 0.5) is 5.00 Å². The smallest absolute Gasteiger partial charge is 0.134 e. The van der Waals surface area contributed by atoms with Crippen molar-refractivity contribution in [3.63, 3.8) is 0 Å². The average Bonchev–Trinajstić information content (AvgIpc) is 3.04. The molecule has 1 aliphatic heterocycles. The zero-order valence-corrected chi connectivity index (χ0v) is 12.6. The zero-order valence-electron chi connectivity index (χ0n) is 11.8. The van der Waals surface area contributed by atoms with E-state index in [-0.39, 0.29) is 0 Å². The van der Waals surface area contributed by atoms with Crippen LogP contribution >= 0.6 is 11.5 Å². The molecule has 5 heteroatoms. The van der Waals surface area contributed by atoms with Gasteiger partial charge in [-0.2, -0.15) is 0 Å². The SMILES string of the molecule is CCNc1snnc1CN1CCC2(CCCC2)CC1. The van der Waals surface area contributed by atoms with Crippen LogP contribution in [0.25, 0.3) is 0 Å². The summed E-state index contributed by atoms with van der Waals surface area (Å²) in [5.74, 6) is 0. The van der Waals surface area contributed by atoms with E-state index in [0.29, 0.717) is 5.41 Å². The van der Waals surface area contributed by atoms with Gasteiger partial charge < -0.3 is 5.32 Å². The lowest BCUT2D eigenvalue weighted by atomic mass is 9.77. The van der Waals surface area contributed by atoms with E-state index in [1.165, 1.54) is 63.1 Å². The first kappa shape index (κ1) is 13.3. The minimum atomic E-state index is 0.710. The summed E-state index contributed by atoms with van der Waals surface area (Å²) in [6.07, 6.45) is 8.65. The first-order valence-electron chi connectivity index (χ1n) is 7.59. The number of anilines is 1. The highest BCUT2D eigenvalue weighted by Gasteiger charge is 2.36. The summed E-state index contributed by atoms with van der Waals surface area (Å²) < 4.78 is 4.08. The minimum absolute atomic E-state index is 0.710. The number of likely N-dealkylation sites (tertiary alicyclic amines) is 1. The Hall–Kier alpha value is -0.680. The van der Waals surface area contributed by atoms with Crippen LogP contribution in [-0.2, 0) is 6.54 Å². The fourth-order valence-electron chi connectivity index (χ4n) is 3.63. The Morgan fingerprint density at radius 1 is 1.21 bits per heavy atom. The largest absolute Gasteiger partial charge is 0.374 e. The van der Waals surface area contributed by atoms with Gasteiger partial charge in [0.2, 0.25) is 0 Å². The maximum atomic E-state index is 4.28. The molecule has 0 unspecified atom stereocenters. The molecule has 0 bridgehead atoms. The molecule has 0 amide bonds. The van der Waals surface area contributed by atoms with Crippen LogP contribution in [0, 0.1) is 5.41 Å². The van der Waals surface area contributed by atoms with E-state index in [1.54, 1.807) is 0 Å². The Kier molecular flexibility index (Phi) is 4.03. The maximum Gasteiger partial charge on any atom is 0.134 e. The number of nitrogens with zero attached hydrogens (tertiary/aromatic N) is 3. The van der Waals surface area contributed by atoms with Gasteiger partial charge in [0.15, 0.2) is 0 Å². The van der Waals surface area contributed by atoms with Crippen LogP contribution in [0.1, 0.15) is 51.1 Å². The molecule has 0 radical (unpaired) electrons. The van der Waals surface area contributed by atoms with Crippen molar-refractivity contribution in [2.45, 2.75) is 52.0 Å². The third-order valence-electron chi connectivity index (χ3n) is 4.85. The number of hydrogen-bond donors (Lipinski definition) is 1. The second kappa shape index (κ2) is 5.75. The first-order chi connectivity index (χ1) is 9.31. The van der Waals surface area contributed by atoms with Crippen LogP contribution in [0.5, 0.6) is 0 Å². The molecule has 1 aromatic heterocycles. The third kappa shape index (κ3) is 2.92. The van der Waals surface area contributed by atoms with Gasteiger partial charge in [-0.25, -0.2) is 0 Å². The van der Waals surface area contributed by atoms with Crippen molar-refractivity contribution in [3.05, 3.63) is 5.69 Å². The van der Waals surface area contributed by atoms with Gasteiger partial charge in [0, 0.05) is 24.6 Å². The number of hydrogen-bond acceptors (Lipinski definition) is 5. The molecule has 19 heavy (non-hydrogen) atoms. The molecular formula is C14H24N4S. The van der Waals surface area contributed by atoms with Gasteiger partial charge in [-0.1, -0.05) is 17.3 Å². The van der Waals surface area contributed by atoms with E-state index >= 15 is 0 Å². The highest BCUT2D eigenvalue weighted by atomic mass is 32.1. The molecule has 1 spiro atoms. The van der Waals surface area contributed by atoms with Crippen LogP contribution in [0.3, 0.4) is 0 Å². The predicted molar refractivity (Wildman–Crippen MR) is 79.5 cm³/mol. The van der Waals surface area contributed by atoms with Crippen molar-refractivity contribution in [2.75, 3.05) is 25.0 Å². The molecule has 106 valence electrons. The van der Waals surface area contributed by atoms with Gasteiger partial charge in [-0.15, -0.1) is 5.10 Å². The average molecular weight is 280 g/mol. The van der Waals surface area contributed by atoms with E-state index < -0.39 is 0 Å². The normalized spacial score (nSPS) is 23.0. The van der Waals surface area contributed by atoms with E-state index in [1.807, 2.05) is 0 Å². The van der Waals surface area contributed by atoms with Crippen molar-refractivity contribution in [2.24, 2.45) is 5.41 Å².